The summed E-state index contributed by atoms with van der Waals surface area (Å²) in [4.78, 5) is 40.2. The van der Waals surface area contributed by atoms with E-state index in [0.717, 1.165) is 12.0 Å². The second kappa shape index (κ2) is 14.1. The van der Waals surface area contributed by atoms with E-state index in [9.17, 15) is 14.4 Å². The predicted molar refractivity (Wildman–Crippen MR) is 136 cm³/mol. The molecule has 2 amide bonds. The molecular weight excluding hydrogens is 448 g/mol. The number of carbonyl (C=O) groups excluding carboxylic acids is 3. The molecule has 0 saturated heterocycles. The average molecular weight is 493 g/mol. The standard InChI is InChI=1S/C27H44N2O6/c1-10-19(4)24(21(33-9)16-22(30)35-27(5,6)7)29(8)25(31)23(18(2)3)28-26(32)34-17-20-14-12-11-13-15-20/h11-15,18-19,21,23-24H,10,16-17H2,1-9H3,(H,28,32). The number of carbonyl (C=O) groups is 3. The number of hydrogen-bond donors (Lipinski definition) is 1. The molecule has 0 aromatic heterocycles. The van der Waals surface area contributed by atoms with Gasteiger partial charge in [0.05, 0.1) is 18.6 Å². The van der Waals surface area contributed by atoms with E-state index < -0.39 is 29.9 Å². The van der Waals surface area contributed by atoms with Gasteiger partial charge in [0.1, 0.15) is 18.2 Å². The summed E-state index contributed by atoms with van der Waals surface area (Å²) >= 11 is 0. The molecule has 0 aliphatic carbocycles. The first-order valence-corrected chi connectivity index (χ1v) is 12.3. The van der Waals surface area contributed by atoms with Crippen LogP contribution in [0, 0.1) is 11.8 Å². The summed E-state index contributed by atoms with van der Waals surface area (Å²) in [6, 6.07) is 8.14. The molecule has 1 aromatic rings. The van der Waals surface area contributed by atoms with Gasteiger partial charge in [-0.25, -0.2) is 4.79 Å². The van der Waals surface area contributed by atoms with Gasteiger partial charge in [-0.3, -0.25) is 9.59 Å². The fraction of sp³-hybridized carbons (Fsp3) is 0.667. The van der Waals surface area contributed by atoms with Crippen LogP contribution >= 0.6 is 0 Å². The third-order valence-electron chi connectivity index (χ3n) is 5.91. The van der Waals surface area contributed by atoms with Gasteiger partial charge in [0.25, 0.3) is 0 Å². The number of rotatable bonds is 12. The van der Waals surface area contributed by atoms with Crippen molar-refractivity contribution in [3.05, 3.63) is 35.9 Å². The highest BCUT2D eigenvalue weighted by Gasteiger charge is 2.38. The summed E-state index contributed by atoms with van der Waals surface area (Å²) in [6.07, 6.45) is -0.438. The summed E-state index contributed by atoms with van der Waals surface area (Å²) in [5, 5.41) is 2.72. The molecule has 0 bridgehead atoms. The fourth-order valence-electron chi connectivity index (χ4n) is 3.90. The zero-order valence-corrected chi connectivity index (χ0v) is 22.8. The van der Waals surface area contributed by atoms with E-state index in [1.165, 1.54) is 7.11 Å². The molecule has 4 atom stereocenters. The summed E-state index contributed by atoms with van der Waals surface area (Å²) in [5.74, 6) is -0.803. The number of nitrogens with one attached hydrogen (secondary N) is 1. The molecule has 0 heterocycles. The van der Waals surface area contributed by atoms with Gasteiger partial charge in [-0.2, -0.15) is 0 Å². The molecule has 0 saturated carbocycles. The van der Waals surface area contributed by atoms with Gasteiger partial charge in [0.2, 0.25) is 5.91 Å². The van der Waals surface area contributed by atoms with Crippen LogP contribution in [0.25, 0.3) is 0 Å². The number of esters is 1. The Bertz CT molecular complexity index is 806. The smallest absolute Gasteiger partial charge is 0.408 e. The highest BCUT2D eigenvalue weighted by molar-refractivity contribution is 5.86. The third kappa shape index (κ3) is 10.3. The summed E-state index contributed by atoms with van der Waals surface area (Å²) in [7, 11) is 3.22. The predicted octanol–water partition coefficient (Wildman–Crippen LogP) is 4.56. The van der Waals surface area contributed by atoms with E-state index in [0.29, 0.717) is 0 Å². The minimum Gasteiger partial charge on any atom is -0.460 e. The first-order valence-electron chi connectivity index (χ1n) is 12.3. The molecule has 8 nitrogen and oxygen atoms in total. The molecule has 4 unspecified atom stereocenters. The van der Waals surface area contributed by atoms with Gasteiger partial charge in [-0.15, -0.1) is 0 Å². The first kappa shape index (κ1) is 30.4. The molecule has 0 radical (unpaired) electrons. The van der Waals surface area contributed by atoms with Crippen LogP contribution in [0.15, 0.2) is 30.3 Å². The van der Waals surface area contributed by atoms with Crippen LogP contribution < -0.4 is 5.32 Å². The zero-order chi connectivity index (χ0) is 26.8. The van der Waals surface area contributed by atoms with E-state index in [2.05, 4.69) is 5.32 Å². The van der Waals surface area contributed by atoms with E-state index in [1.807, 2.05) is 78.8 Å². The Hall–Kier alpha value is -2.61. The van der Waals surface area contributed by atoms with Crippen LogP contribution in [0.2, 0.25) is 0 Å². The SMILES string of the molecule is CCC(C)C(C(CC(=O)OC(C)(C)C)OC)N(C)C(=O)C(NC(=O)OCc1ccccc1)C(C)C. The monoisotopic (exact) mass is 492 g/mol. The highest BCUT2D eigenvalue weighted by Crippen LogP contribution is 2.24. The average Bonchev–Trinajstić information content (AvgIpc) is 2.79. The van der Waals surface area contributed by atoms with Gasteiger partial charge in [-0.1, -0.05) is 64.4 Å². The number of amides is 2. The summed E-state index contributed by atoms with van der Waals surface area (Å²) in [5.41, 5.74) is 0.240. The maximum absolute atomic E-state index is 13.6. The van der Waals surface area contributed by atoms with Crippen LogP contribution in [0.5, 0.6) is 0 Å². The van der Waals surface area contributed by atoms with E-state index in [1.54, 1.807) is 11.9 Å². The molecule has 0 spiro atoms. The molecule has 1 rings (SSSR count). The molecular formula is C27H44N2O6. The Morgan fingerprint density at radius 3 is 2.14 bits per heavy atom. The molecule has 198 valence electrons. The first-order chi connectivity index (χ1) is 16.3. The maximum Gasteiger partial charge on any atom is 0.408 e. The van der Waals surface area contributed by atoms with Crippen molar-refractivity contribution in [2.75, 3.05) is 14.2 Å². The van der Waals surface area contributed by atoms with Crippen molar-refractivity contribution in [2.24, 2.45) is 11.8 Å². The Labute approximate surface area is 210 Å². The van der Waals surface area contributed by atoms with Crippen molar-refractivity contribution in [3.8, 4) is 0 Å². The normalized spacial score (nSPS) is 15.0. The number of likely N-dealkylation sites (N-methyl/N-ethyl adjacent to an activating group) is 1. The number of benzene rings is 1. The lowest BCUT2D eigenvalue weighted by atomic mass is 9.90. The van der Waals surface area contributed by atoms with Crippen LogP contribution in [0.1, 0.15) is 66.9 Å². The Kier molecular flexibility index (Phi) is 12.2. The lowest BCUT2D eigenvalue weighted by Crippen LogP contribution is -2.57. The largest absolute Gasteiger partial charge is 0.460 e. The second-order valence-electron chi connectivity index (χ2n) is 10.3. The Morgan fingerprint density at radius 1 is 1.06 bits per heavy atom. The van der Waals surface area contributed by atoms with Gasteiger partial charge in [0.15, 0.2) is 0 Å². The van der Waals surface area contributed by atoms with Crippen molar-refractivity contribution in [2.45, 2.75) is 91.7 Å². The molecule has 0 aliphatic rings. The maximum atomic E-state index is 13.6. The molecule has 0 aliphatic heterocycles. The second-order valence-corrected chi connectivity index (χ2v) is 10.3. The number of hydrogen-bond acceptors (Lipinski definition) is 6. The van der Waals surface area contributed by atoms with E-state index >= 15 is 0 Å². The lowest BCUT2D eigenvalue weighted by molar-refractivity contribution is -0.160. The number of alkyl carbamates (subject to hydrolysis) is 1. The van der Waals surface area contributed by atoms with Crippen LogP contribution in [-0.4, -0.2) is 60.8 Å². The minimum atomic E-state index is -0.797. The van der Waals surface area contributed by atoms with Crippen LogP contribution in [-0.2, 0) is 30.4 Å². The van der Waals surface area contributed by atoms with Gasteiger partial charge in [0, 0.05) is 14.2 Å². The van der Waals surface area contributed by atoms with Crippen molar-refractivity contribution in [1.29, 1.82) is 0 Å². The van der Waals surface area contributed by atoms with Crippen molar-refractivity contribution < 1.29 is 28.6 Å². The Morgan fingerprint density at radius 2 is 1.66 bits per heavy atom. The van der Waals surface area contributed by atoms with Crippen LogP contribution in [0.4, 0.5) is 4.79 Å². The highest BCUT2D eigenvalue weighted by atomic mass is 16.6. The van der Waals surface area contributed by atoms with Crippen molar-refractivity contribution >= 4 is 18.0 Å². The molecule has 35 heavy (non-hydrogen) atoms. The van der Waals surface area contributed by atoms with Gasteiger partial charge >= 0.3 is 12.1 Å². The minimum absolute atomic E-state index is 0.0132. The molecule has 1 aromatic carbocycles. The van der Waals surface area contributed by atoms with Crippen molar-refractivity contribution in [1.82, 2.24) is 10.2 Å². The molecule has 0 fully saturated rings. The van der Waals surface area contributed by atoms with Gasteiger partial charge in [-0.05, 0) is 38.2 Å². The molecule has 8 heteroatoms. The molecule has 1 N–H and O–H groups in total. The fourth-order valence-corrected chi connectivity index (χ4v) is 3.90. The summed E-state index contributed by atoms with van der Waals surface area (Å²) in [6.45, 7) is 13.3. The van der Waals surface area contributed by atoms with E-state index in [4.69, 9.17) is 14.2 Å². The quantitative estimate of drug-likeness (QED) is 0.430. The summed E-state index contributed by atoms with van der Waals surface area (Å²) < 4.78 is 16.5. The third-order valence-corrected chi connectivity index (χ3v) is 5.91. The number of nitrogens with zero attached hydrogens (tertiary/aromatic N) is 1. The van der Waals surface area contributed by atoms with E-state index in [-0.39, 0.29) is 36.7 Å². The lowest BCUT2D eigenvalue weighted by Gasteiger charge is -2.39. The topological polar surface area (TPSA) is 94.2 Å². The number of ether oxygens (including phenoxy) is 3. The van der Waals surface area contributed by atoms with Gasteiger partial charge < -0.3 is 24.4 Å². The van der Waals surface area contributed by atoms with Crippen LogP contribution in [0.3, 0.4) is 0 Å². The zero-order valence-electron chi connectivity index (χ0n) is 22.8. The Balaban J connectivity index is 2.99. The van der Waals surface area contributed by atoms with Crippen molar-refractivity contribution in [3.63, 3.8) is 0 Å². The number of methoxy groups -OCH3 is 1.